The third-order valence-electron chi connectivity index (χ3n) is 4.75. The van der Waals surface area contributed by atoms with Crippen LogP contribution in [0.15, 0.2) is 0 Å². The van der Waals surface area contributed by atoms with Gasteiger partial charge in [-0.1, -0.05) is 6.92 Å². The predicted octanol–water partition coefficient (Wildman–Crippen LogP) is 1.47. The van der Waals surface area contributed by atoms with Gasteiger partial charge in [-0.15, -0.1) is 0 Å². The summed E-state index contributed by atoms with van der Waals surface area (Å²) in [6.45, 7) is 4.64. The summed E-state index contributed by atoms with van der Waals surface area (Å²) in [5.41, 5.74) is -0.717. The molecule has 0 bridgehead atoms. The Labute approximate surface area is 121 Å². The van der Waals surface area contributed by atoms with E-state index in [4.69, 9.17) is 4.74 Å². The van der Waals surface area contributed by atoms with Gasteiger partial charge in [0.1, 0.15) is 5.54 Å². The second-order valence-corrected chi connectivity index (χ2v) is 6.29. The van der Waals surface area contributed by atoms with Crippen LogP contribution in [0.2, 0.25) is 0 Å². The number of likely N-dealkylation sites (N-methyl/N-ethyl adjacent to an activating group) is 1. The van der Waals surface area contributed by atoms with Gasteiger partial charge in [0.2, 0.25) is 0 Å². The van der Waals surface area contributed by atoms with Gasteiger partial charge < -0.3 is 20.1 Å². The monoisotopic (exact) mass is 284 g/mol. The minimum absolute atomic E-state index is 0.337. The third-order valence-corrected chi connectivity index (χ3v) is 4.75. The Morgan fingerprint density at radius 3 is 2.90 bits per heavy atom. The number of ether oxygens (including phenoxy) is 1. The van der Waals surface area contributed by atoms with Crippen LogP contribution < -0.4 is 5.32 Å². The smallest absolute Gasteiger partial charge is 0.323 e. The number of aliphatic carboxylic acids is 1. The summed E-state index contributed by atoms with van der Waals surface area (Å²) in [6, 6.07) is 0.347. The van der Waals surface area contributed by atoms with Crippen LogP contribution in [0.5, 0.6) is 0 Å². The Morgan fingerprint density at radius 1 is 1.50 bits per heavy atom. The highest BCUT2D eigenvalue weighted by Crippen LogP contribution is 2.33. The van der Waals surface area contributed by atoms with E-state index in [-0.39, 0.29) is 0 Å². The van der Waals surface area contributed by atoms with Gasteiger partial charge in [0.05, 0.1) is 6.10 Å². The normalized spacial score (nSPS) is 34.0. The molecular weight excluding hydrogens is 256 g/mol. The molecule has 1 aliphatic carbocycles. The molecule has 2 rings (SSSR count). The first-order valence-corrected chi connectivity index (χ1v) is 7.87. The molecule has 1 saturated heterocycles. The summed E-state index contributed by atoms with van der Waals surface area (Å²) in [5, 5.41) is 12.8. The molecule has 5 nitrogen and oxygen atoms in total. The van der Waals surface area contributed by atoms with E-state index in [0.29, 0.717) is 18.6 Å². The zero-order chi connectivity index (χ0) is 14.6. The van der Waals surface area contributed by atoms with Crippen LogP contribution >= 0.6 is 0 Å². The lowest BCUT2D eigenvalue weighted by atomic mass is 9.97. The van der Waals surface area contributed by atoms with E-state index in [1.807, 2.05) is 0 Å². The molecule has 0 aromatic carbocycles. The molecule has 3 unspecified atom stereocenters. The van der Waals surface area contributed by atoms with E-state index in [1.54, 1.807) is 0 Å². The fraction of sp³-hybridized carbons (Fsp3) is 0.933. The zero-order valence-corrected chi connectivity index (χ0v) is 12.7. The first-order chi connectivity index (χ1) is 9.57. The average molecular weight is 284 g/mol. The standard InChI is InChI=1S/C15H28N2O3/c1-3-8-16-15(14(18)19)7-6-12(10-15)17(2)11-13-5-4-9-20-13/h12-13,16H,3-11H2,1-2H3,(H,18,19). The fourth-order valence-corrected chi connectivity index (χ4v) is 3.45. The molecule has 20 heavy (non-hydrogen) atoms. The molecule has 5 heteroatoms. The number of rotatable bonds is 7. The minimum Gasteiger partial charge on any atom is -0.480 e. The van der Waals surface area contributed by atoms with E-state index in [1.165, 1.54) is 0 Å². The van der Waals surface area contributed by atoms with Crippen molar-refractivity contribution in [3.63, 3.8) is 0 Å². The van der Waals surface area contributed by atoms with Crippen LogP contribution in [-0.2, 0) is 9.53 Å². The number of carboxylic acids is 1. The summed E-state index contributed by atoms with van der Waals surface area (Å²) in [5.74, 6) is -0.695. The number of hydrogen-bond acceptors (Lipinski definition) is 4. The third kappa shape index (κ3) is 3.51. The summed E-state index contributed by atoms with van der Waals surface area (Å²) >= 11 is 0. The van der Waals surface area contributed by atoms with Gasteiger partial charge in [0.25, 0.3) is 0 Å². The molecule has 0 spiro atoms. The second kappa shape index (κ2) is 6.87. The molecule has 2 fully saturated rings. The SMILES string of the molecule is CCCNC1(C(=O)O)CCC(N(C)CC2CCCO2)C1. The number of nitrogens with one attached hydrogen (secondary N) is 1. The molecule has 0 aromatic heterocycles. The molecule has 3 atom stereocenters. The highest BCUT2D eigenvalue weighted by Gasteiger charge is 2.46. The van der Waals surface area contributed by atoms with Gasteiger partial charge >= 0.3 is 5.97 Å². The highest BCUT2D eigenvalue weighted by molar-refractivity contribution is 5.79. The van der Waals surface area contributed by atoms with E-state index in [2.05, 4.69) is 24.2 Å². The Kier molecular flexibility index (Phi) is 5.41. The topological polar surface area (TPSA) is 61.8 Å². The number of carboxylic acid groups (broad SMARTS) is 1. The van der Waals surface area contributed by atoms with Crippen molar-refractivity contribution in [2.24, 2.45) is 0 Å². The van der Waals surface area contributed by atoms with Gasteiger partial charge in [-0.3, -0.25) is 4.79 Å². The van der Waals surface area contributed by atoms with Crippen LogP contribution in [0.3, 0.4) is 0 Å². The lowest BCUT2D eigenvalue weighted by Gasteiger charge is -2.30. The Balaban J connectivity index is 1.89. The van der Waals surface area contributed by atoms with Crippen LogP contribution in [0.25, 0.3) is 0 Å². The largest absolute Gasteiger partial charge is 0.480 e. The summed E-state index contributed by atoms with van der Waals surface area (Å²) in [7, 11) is 2.10. The van der Waals surface area contributed by atoms with Gasteiger partial charge in [-0.2, -0.15) is 0 Å². The molecule has 2 N–H and O–H groups in total. The van der Waals surface area contributed by atoms with Gasteiger partial charge in [-0.05, 0) is 52.1 Å². The molecule has 0 aromatic rings. The Bertz CT molecular complexity index is 331. The zero-order valence-electron chi connectivity index (χ0n) is 12.7. The van der Waals surface area contributed by atoms with Gasteiger partial charge in [0, 0.05) is 19.2 Å². The molecule has 1 saturated carbocycles. The summed E-state index contributed by atoms with van der Waals surface area (Å²) < 4.78 is 5.67. The van der Waals surface area contributed by atoms with Crippen molar-refractivity contribution in [1.29, 1.82) is 0 Å². The molecule has 1 heterocycles. The molecule has 116 valence electrons. The van der Waals surface area contributed by atoms with Gasteiger partial charge in [-0.25, -0.2) is 0 Å². The van der Waals surface area contributed by atoms with E-state index in [9.17, 15) is 9.90 Å². The van der Waals surface area contributed by atoms with E-state index >= 15 is 0 Å². The van der Waals surface area contributed by atoms with E-state index in [0.717, 1.165) is 51.8 Å². The van der Waals surface area contributed by atoms with Crippen LogP contribution in [0, 0.1) is 0 Å². The van der Waals surface area contributed by atoms with Crippen molar-refractivity contribution in [3.05, 3.63) is 0 Å². The first kappa shape index (κ1) is 15.7. The van der Waals surface area contributed by atoms with E-state index < -0.39 is 11.5 Å². The molecule has 0 radical (unpaired) electrons. The minimum atomic E-state index is -0.717. The molecule has 1 aliphatic heterocycles. The number of hydrogen-bond donors (Lipinski definition) is 2. The van der Waals surface area contributed by atoms with Crippen LogP contribution in [0.1, 0.15) is 45.4 Å². The highest BCUT2D eigenvalue weighted by atomic mass is 16.5. The van der Waals surface area contributed by atoms with Crippen molar-refractivity contribution in [2.45, 2.75) is 63.1 Å². The maximum absolute atomic E-state index is 11.6. The molecule has 0 amide bonds. The van der Waals surface area contributed by atoms with Crippen molar-refractivity contribution >= 4 is 5.97 Å². The van der Waals surface area contributed by atoms with Crippen LogP contribution in [0.4, 0.5) is 0 Å². The van der Waals surface area contributed by atoms with Crippen molar-refractivity contribution in [2.75, 3.05) is 26.7 Å². The maximum Gasteiger partial charge on any atom is 0.323 e. The van der Waals surface area contributed by atoms with Crippen LogP contribution in [-0.4, -0.2) is 60.4 Å². The molecular formula is C15H28N2O3. The predicted molar refractivity (Wildman–Crippen MR) is 77.9 cm³/mol. The molecule has 2 aliphatic rings. The second-order valence-electron chi connectivity index (χ2n) is 6.29. The number of carbonyl (C=O) groups is 1. The lowest BCUT2D eigenvalue weighted by Crippen LogP contribution is -2.51. The van der Waals surface area contributed by atoms with Crippen molar-refractivity contribution in [3.8, 4) is 0 Å². The maximum atomic E-state index is 11.6. The first-order valence-electron chi connectivity index (χ1n) is 7.87. The average Bonchev–Trinajstić information content (AvgIpc) is 3.06. The lowest BCUT2D eigenvalue weighted by molar-refractivity contribution is -0.144. The number of nitrogens with zero attached hydrogens (tertiary/aromatic N) is 1. The Morgan fingerprint density at radius 2 is 2.30 bits per heavy atom. The Hall–Kier alpha value is -0.650. The van der Waals surface area contributed by atoms with Gasteiger partial charge in [0.15, 0.2) is 0 Å². The van der Waals surface area contributed by atoms with Crippen molar-refractivity contribution < 1.29 is 14.6 Å². The summed E-state index contributed by atoms with van der Waals surface area (Å²) in [4.78, 5) is 13.9. The fourth-order valence-electron chi connectivity index (χ4n) is 3.45. The quantitative estimate of drug-likeness (QED) is 0.741. The van der Waals surface area contributed by atoms with Crippen molar-refractivity contribution in [1.82, 2.24) is 10.2 Å². The summed E-state index contributed by atoms with van der Waals surface area (Å²) in [6.07, 6.45) is 5.96.